The van der Waals surface area contributed by atoms with Crippen molar-refractivity contribution in [3.63, 3.8) is 0 Å². The maximum atomic E-state index is 13.6. The van der Waals surface area contributed by atoms with E-state index in [1.165, 1.54) is 10.9 Å². The molecule has 0 fully saturated rings. The van der Waals surface area contributed by atoms with Crippen LogP contribution in [0.15, 0.2) is 30.5 Å². The molecule has 0 unspecified atom stereocenters. The lowest BCUT2D eigenvalue weighted by molar-refractivity contribution is -0.881. The lowest BCUT2D eigenvalue weighted by Gasteiger charge is -2.44. The van der Waals surface area contributed by atoms with Gasteiger partial charge in [0.2, 0.25) is 0 Å². The predicted molar refractivity (Wildman–Crippen MR) is 123 cm³/mol. The number of nitrogens with zero attached hydrogens (tertiary/aromatic N) is 3. The number of hydrogen-bond donors (Lipinski definition) is 0. The van der Waals surface area contributed by atoms with Crippen LogP contribution in [0.2, 0.25) is 0 Å². The fraction of sp³-hybridized carbons (Fsp3) is 0.667. The third-order valence-corrected chi connectivity index (χ3v) is 5.77. The van der Waals surface area contributed by atoms with Crippen molar-refractivity contribution in [2.45, 2.75) is 53.5 Å². The third kappa shape index (κ3) is 7.74. The molecule has 0 spiro atoms. The van der Waals surface area contributed by atoms with Gasteiger partial charge in [-0.3, -0.25) is 0 Å². The molecule has 0 aliphatic rings. The summed E-state index contributed by atoms with van der Waals surface area (Å²) in [5, 5.41) is 26.8. The summed E-state index contributed by atoms with van der Waals surface area (Å²) in [7, 11) is 3.36. The number of likely N-dealkylation sites (N-methyl/N-ethyl adjacent to an activating group) is 1. The van der Waals surface area contributed by atoms with Crippen molar-refractivity contribution in [1.29, 1.82) is 0 Å². The summed E-state index contributed by atoms with van der Waals surface area (Å²) in [6.07, 6.45) is 4.89. The average Bonchev–Trinajstić information content (AvgIpc) is 2.99. The lowest BCUT2D eigenvalue weighted by Crippen LogP contribution is -2.46. The van der Waals surface area contributed by atoms with Gasteiger partial charge in [-0.1, -0.05) is 45.9 Å². The standard InChI is InChI=1S/C24H41N3O2/c1-20(2)11-15-27(29,16-12-21(3)4)17-13-22-19-25(14-18-26(5,6)28)24-10-8-7-9-23(22)24/h7-10,19-21H,11-18H2,1-6H3. The SMILES string of the molecule is CC(C)CC[N+]([O-])(CCc1cn(CC[N+](C)(C)[O-])c2ccccc12)CCC(C)C. The first-order chi connectivity index (χ1) is 13.5. The molecule has 0 bridgehead atoms. The molecule has 1 heterocycles. The molecule has 0 N–H and O–H groups in total. The minimum atomic E-state index is -0.299. The van der Waals surface area contributed by atoms with E-state index in [9.17, 15) is 10.4 Å². The first kappa shape index (κ1) is 23.9. The van der Waals surface area contributed by atoms with Crippen LogP contribution in [0.4, 0.5) is 0 Å². The normalized spacial score (nSPS) is 13.2. The third-order valence-electron chi connectivity index (χ3n) is 5.77. The van der Waals surface area contributed by atoms with Crippen molar-refractivity contribution in [3.05, 3.63) is 46.4 Å². The van der Waals surface area contributed by atoms with Crippen LogP contribution in [0.25, 0.3) is 10.9 Å². The summed E-state index contributed by atoms with van der Waals surface area (Å²) in [5.41, 5.74) is 2.38. The molecule has 164 valence electrons. The Morgan fingerprint density at radius 3 is 2.00 bits per heavy atom. The molecule has 0 radical (unpaired) electrons. The van der Waals surface area contributed by atoms with Gasteiger partial charge in [-0.2, -0.15) is 0 Å². The van der Waals surface area contributed by atoms with Gasteiger partial charge in [-0.15, -0.1) is 0 Å². The molecule has 0 aliphatic heterocycles. The van der Waals surface area contributed by atoms with Gasteiger partial charge in [0, 0.05) is 23.5 Å². The van der Waals surface area contributed by atoms with Crippen molar-refractivity contribution in [2.75, 3.05) is 40.3 Å². The summed E-state index contributed by atoms with van der Waals surface area (Å²) >= 11 is 0. The van der Waals surface area contributed by atoms with Crippen molar-refractivity contribution in [2.24, 2.45) is 11.8 Å². The van der Waals surface area contributed by atoms with E-state index in [2.05, 4.69) is 56.7 Å². The minimum absolute atomic E-state index is 0.0969. The monoisotopic (exact) mass is 403 g/mol. The Kier molecular flexibility index (Phi) is 8.29. The van der Waals surface area contributed by atoms with E-state index in [1.54, 1.807) is 14.1 Å². The molecular formula is C24H41N3O2. The van der Waals surface area contributed by atoms with Crippen LogP contribution in [0.3, 0.4) is 0 Å². The number of hydroxylamine groups is 6. The number of benzene rings is 1. The predicted octanol–water partition coefficient (Wildman–Crippen LogP) is 5.16. The Hall–Kier alpha value is -1.40. The topological polar surface area (TPSA) is 51.0 Å². The van der Waals surface area contributed by atoms with Gasteiger partial charge >= 0.3 is 0 Å². The highest BCUT2D eigenvalue weighted by Crippen LogP contribution is 2.24. The quantitative estimate of drug-likeness (QED) is 0.363. The Balaban J connectivity index is 2.17. The Morgan fingerprint density at radius 1 is 0.862 bits per heavy atom. The van der Waals surface area contributed by atoms with Gasteiger partial charge in [0.25, 0.3) is 0 Å². The van der Waals surface area contributed by atoms with Crippen LogP contribution in [-0.4, -0.2) is 54.1 Å². The van der Waals surface area contributed by atoms with Gasteiger partial charge in [0.1, 0.15) is 0 Å². The van der Waals surface area contributed by atoms with E-state index in [-0.39, 0.29) is 9.29 Å². The number of para-hydroxylation sites is 1. The molecule has 0 aliphatic carbocycles. The highest BCUT2D eigenvalue weighted by Gasteiger charge is 2.20. The maximum absolute atomic E-state index is 13.6. The fourth-order valence-corrected chi connectivity index (χ4v) is 3.70. The Morgan fingerprint density at radius 2 is 1.45 bits per heavy atom. The highest BCUT2D eigenvalue weighted by molar-refractivity contribution is 5.84. The number of fused-ring (bicyclic) bond motifs is 1. The molecule has 5 nitrogen and oxygen atoms in total. The molecular weight excluding hydrogens is 362 g/mol. The zero-order valence-corrected chi connectivity index (χ0v) is 19.4. The summed E-state index contributed by atoms with van der Waals surface area (Å²) < 4.78 is 1.79. The van der Waals surface area contributed by atoms with Crippen LogP contribution in [0.1, 0.15) is 46.1 Å². The lowest BCUT2D eigenvalue weighted by atomic mass is 10.1. The molecule has 1 aromatic carbocycles. The van der Waals surface area contributed by atoms with Crippen LogP contribution in [-0.2, 0) is 13.0 Å². The van der Waals surface area contributed by atoms with Crippen LogP contribution in [0, 0.1) is 22.3 Å². The maximum Gasteiger partial charge on any atom is 0.0961 e. The zero-order chi connectivity index (χ0) is 21.7. The zero-order valence-electron chi connectivity index (χ0n) is 19.4. The molecule has 2 rings (SSSR count). The first-order valence-corrected chi connectivity index (χ1v) is 11.2. The molecule has 2 aromatic rings. The summed E-state index contributed by atoms with van der Waals surface area (Å²) in [6, 6.07) is 8.35. The Bertz CT molecular complexity index is 747. The van der Waals surface area contributed by atoms with Crippen molar-refractivity contribution >= 4 is 10.9 Å². The molecule has 0 saturated carbocycles. The van der Waals surface area contributed by atoms with Crippen molar-refractivity contribution < 1.29 is 9.29 Å². The summed E-state index contributed by atoms with van der Waals surface area (Å²) in [4.78, 5) is 0. The molecule has 5 heteroatoms. The molecule has 0 saturated heterocycles. The average molecular weight is 404 g/mol. The largest absolute Gasteiger partial charge is 0.633 e. The number of quaternary nitrogens is 2. The number of hydrogen-bond acceptors (Lipinski definition) is 2. The van der Waals surface area contributed by atoms with E-state index in [0.717, 1.165) is 24.8 Å². The van der Waals surface area contributed by atoms with E-state index in [1.807, 2.05) is 6.07 Å². The van der Waals surface area contributed by atoms with E-state index in [4.69, 9.17) is 0 Å². The van der Waals surface area contributed by atoms with Crippen LogP contribution >= 0.6 is 0 Å². The van der Waals surface area contributed by atoms with Gasteiger partial charge in [-0.25, -0.2) is 0 Å². The van der Waals surface area contributed by atoms with E-state index in [0.29, 0.717) is 44.6 Å². The summed E-state index contributed by atoms with van der Waals surface area (Å²) in [5.74, 6) is 1.10. The van der Waals surface area contributed by atoms with Gasteiger partial charge in [-0.05, 0) is 36.3 Å². The second-order valence-corrected chi connectivity index (χ2v) is 10.0. The second-order valence-electron chi connectivity index (χ2n) is 10.0. The van der Waals surface area contributed by atoms with Gasteiger partial charge < -0.3 is 24.3 Å². The van der Waals surface area contributed by atoms with E-state index < -0.39 is 0 Å². The number of aromatic nitrogens is 1. The van der Waals surface area contributed by atoms with Crippen molar-refractivity contribution in [3.8, 4) is 0 Å². The van der Waals surface area contributed by atoms with Crippen molar-refractivity contribution in [1.82, 2.24) is 4.57 Å². The second kappa shape index (κ2) is 10.1. The van der Waals surface area contributed by atoms with Crippen LogP contribution < -0.4 is 0 Å². The first-order valence-electron chi connectivity index (χ1n) is 11.2. The smallest absolute Gasteiger partial charge is 0.0961 e. The number of rotatable bonds is 12. The summed E-state index contributed by atoms with van der Waals surface area (Å²) in [6.45, 7) is 12.0. The molecule has 1 aromatic heterocycles. The van der Waals surface area contributed by atoms with Crippen LogP contribution in [0.5, 0.6) is 0 Å². The Labute approximate surface area is 177 Å². The van der Waals surface area contributed by atoms with Gasteiger partial charge in [0.05, 0.1) is 46.8 Å². The van der Waals surface area contributed by atoms with Gasteiger partial charge in [0.15, 0.2) is 0 Å². The highest BCUT2D eigenvalue weighted by atomic mass is 16.5. The molecule has 0 atom stereocenters. The fourth-order valence-electron chi connectivity index (χ4n) is 3.70. The molecule has 0 amide bonds. The molecule has 29 heavy (non-hydrogen) atoms. The van der Waals surface area contributed by atoms with E-state index >= 15 is 0 Å². The minimum Gasteiger partial charge on any atom is -0.633 e.